The largest absolute Gasteiger partial charge is 0.460 e. The van der Waals surface area contributed by atoms with E-state index in [4.69, 9.17) is 4.42 Å². The zero-order valence-electron chi connectivity index (χ0n) is 12.5. The molecule has 1 unspecified atom stereocenters. The molecule has 2 aromatic rings. The second kappa shape index (κ2) is 6.91. The third-order valence-electron chi connectivity index (χ3n) is 3.18. The highest BCUT2D eigenvalue weighted by Crippen LogP contribution is 2.19. The van der Waals surface area contributed by atoms with Gasteiger partial charge in [-0.3, -0.25) is 4.79 Å². The maximum absolute atomic E-state index is 12.0. The van der Waals surface area contributed by atoms with Crippen LogP contribution in [0.1, 0.15) is 17.1 Å². The van der Waals surface area contributed by atoms with E-state index < -0.39 is 0 Å². The summed E-state index contributed by atoms with van der Waals surface area (Å²) in [7, 11) is 1.98. The molecule has 1 atom stereocenters. The summed E-state index contributed by atoms with van der Waals surface area (Å²) in [6, 6.07) is 9.67. The van der Waals surface area contributed by atoms with Crippen molar-refractivity contribution >= 4 is 27.5 Å². The lowest BCUT2D eigenvalue weighted by molar-refractivity contribution is -0.886. The highest BCUT2D eigenvalue weighted by atomic mass is 79.9. The Hall–Kier alpha value is -1.59. The minimum absolute atomic E-state index is 0.00231. The molecule has 0 saturated heterocycles. The number of benzene rings is 1. The molecular weight excluding hydrogens is 332 g/mol. The summed E-state index contributed by atoms with van der Waals surface area (Å²) in [6.45, 7) is 5.01. The Labute approximate surface area is 133 Å². The molecule has 0 aliphatic carbocycles. The standard InChI is InChI=1S/C16H19BrN2O2/c1-11-8-13(5-7-15(11)17)18-16(20)10-19(3)9-14-6-4-12(2)21-14/h4-8H,9-10H2,1-3H3,(H,18,20)/p+1. The Kier molecular flexibility index (Phi) is 5.20. The Bertz CT molecular complexity index is 637. The molecule has 4 nitrogen and oxygen atoms in total. The van der Waals surface area contributed by atoms with Gasteiger partial charge in [-0.2, -0.15) is 0 Å². The molecule has 21 heavy (non-hydrogen) atoms. The van der Waals surface area contributed by atoms with Gasteiger partial charge in [-0.05, 0) is 49.7 Å². The normalized spacial score (nSPS) is 12.2. The zero-order valence-corrected chi connectivity index (χ0v) is 14.1. The molecule has 0 fully saturated rings. The van der Waals surface area contributed by atoms with E-state index in [9.17, 15) is 4.79 Å². The van der Waals surface area contributed by atoms with Crippen LogP contribution in [0.3, 0.4) is 0 Å². The van der Waals surface area contributed by atoms with E-state index in [1.54, 1.807) is 0 Å². The molecular formula is C16H20BrN2O2+. The maximum atomic E-state index is 12.0. The molecule has 5 heteroatoms. The van der Waals surface area contributed by atoms with Gasteiger partial charge in [-0.25, -0.2) is 0 Å². The number of amides is 1. The molecule has 1 aromatic heterocycles. The highest BCUT2D eigenvalue weighted by molar-refractivity contribution is 9.10. The third-order valence-corrected chi connectivity index (χ3v) is 4.07. The van der Waals surface area contributed by atoms with Crippen LogP contribution in [0.25, 0.3) is 0 Å². The number of likely N-dealkylation sites (N-methyl/N-ethyl adjacent to an activating group) is 1. The van der Waals surface area contributed by atoms with Gasteiger partial charge in [0.15, 0.2) is 12.3 Å². The van der Waals surface area contributed by atoms with E-state index in [-0.39, 0.29) is 5.91 Å². The molecule has 2 N–H and O–H groups in total. The van der Waals surface area contributed by atoms with E-state index in [2.05, 4.69) is 21.2 Å². The Balaban J connectivity index is 1.87. The summed E-state index contributed by atoms with van der Waals surface area (Å²) < 4.78 is 6.56. The molecule has 2 rings (SSSR count). The number of carbonyl (C=O) groups is 1. The number of furan rings is 1. The van der Waals surface area contributed by atoms with Crippen LogP contribution in [0.2, 0.25) is 0 Å². The van der Waals surface area contributed by atoms with Gasteiger partial charge in [-0.1, -0.05) is 15.9 Å². The van der Waals surface area contributed by atoms with Crippen molar-refractivity contribution in [2.24, 2.45) is 0 Å². The van der Waals surface area contributed by atoms with Gasteiger partial charge >= 0.3 is 0 Å². The molecule has 1 aromatic carbocycles. The summed E-state index contributed by atoms with van der Waals surface area (Å²) in [5.41, 5.74) is 1.92. The fourth-order valence-corrected chi connectivity index (χ4v) is 2.39. The lowest BCUT2D eigenvalue weighted by Gasteiger charge is -2.13. The summed E-state index contributed by atoms with van der Waals surface area (Å²) in [5, 5.41) is 2.92. The van der Waals surface area contributed by atoms with Crippen molar-refractivity contribution in [2.75, 3.05) is 18.9 Å². The summed E-state index contributed by atoms with van der Waals surface area (Å²) >= 11 is 3.45. The Morgan fingerprint density at radius 3 is 2.67 bits per heavy atom. The Morgan fingerprint density at radius 1 is 1.29 bits per heavy atom. The third kappa shape index (κ3) is 4.72. The van der Waals surface area contributed by atoms with Gasteiger partial charge in [0.05, 0.1) is 7.05 Å². The molecule has 1 heterocycles. The highest BCUT2D eigenvalue weighted by Gasteiger charge is 2.12. The summed E-state index contributed by atoms with van der Waals surface area (Å²) in [6.07, 6.45) is 0. The second-order valence-electron chi connectivity index (χ2n) is 5.34. The fraction of sp³-hybridized carbons (Fsp3) is 0.312. The van der Waals surface area contributed by atoms with Crippen LogP contribution in [0.5, 0.6) is 0 Å². The van der Waals surface area contributed by atoms with Gasteiger partial charge < -0.3 is 14.6 Å². The van der Waals surface area contributed by atoms with Crippen molar-refractivity contribution in [2.45, 2.75) is 20.4 Å². The number of carbonyl (C=O) groups excluding carboxylic acids is 1. The average molecular weight is 352 g/mol. The minimum Gasteiger partial charge on any atom is -0.460 e. The van der Waals surface area contributed by atoms with Crippen molar-refractivity contribution in [1.82, 2.24) is 0 Å². The van der Waals surface area contributed by atoms with Gasteiger partial charge in [0, 0.05) is 10.2 Å². The number of hydrogen-bond acceptors (Lipinski definition) is 2. The van der Waals surface area contributed by atoms with Crippen LogP contribution in [-0.4, -0.2) is 19.5 Å². The molecule has 0 radical (unpaired) electrons. The van der Waals surface area contributed by atoms with Crippen molar-refractivity contribution in [3.05, 3.63) is 51.9 Å². The number of quaternary nitrogens is 1. The van der Waals surface area contributed by atoms with E-state index in [1.807, 2.05) is 51.2 Å². The molecule has 112 valence electrons. The first kappa shape index (κ1) is 15.8. The first-order valence-electron chi connectivity index (χ1n) is 6.86. The maximum Gasteiger partial charge on any atom is 0.279 e. The van der Waals surface area contributed by atoms with Gasteiger partial charge in [-0.15, -0.1) is 0 Å². The number of aryl methyl sites for hydroxylation is 2. The first-order chi connectivity index (χ1) is 9.94. The van der Waals surface area contributed by atoms with E-state index in [0.717, 1.165) is 32.1 Å². The molecule has 0 bridgehead atoms. The monoisotopic (exact) mass is 351 g/mol. The number of rotatable bonds is 5. The predicted molar refractivity (Wildman–Crippen MR) is 86.4 cm³/mol. The Morgan fingerprint density at radius 2 is 2.05 bits per heavy atom. The second-order valence-corrected chi connectivity index (χ2v) is 6.19. The SMILES string of the molecule is Cc1ccc(C[NH+](C)CC(=O)Nc2ccc(Br)c(C)c2)o1. The van der Waals surface area contributed by atoms with Crippen molar-refractivity contribution in [3.8, 4) is 0 Å². The van der Waals surface area contributed by atoms with Gasteiger partial charge in [0.25, 0.3) is 5.91 Å². The van der Waals surface area contributed by atoms with E-state index >= 15 is 0 Å². The van der Waals surface area contributed by atoms with Crippen molar-refractivity contribution in [1.29, 1.82) is 0 Å². The van der Waals surface area contributed by atoms with E-state index in [0.29, 0.717) is 13.1 Å². The number of anilines is 1. The van der Waals surface area contributed by atoms with E-state index in [1.165, 1.54) is 0 Å². The number of hydrogen-bond donors (Lipinski definition) is 2. The molecule has 1 amide bonds. The van der Waals surface area contributed by atoms with Crippen molar-refractivity contribution < 1.29 is 14.1 Å². The predicted octanol–water partition coefficient (Wildman–Crippen LogP) is 2.31. The van der Waals surface area contributed by atoms with Crippen molar-refractivity contribution in [3.63, 3.8) is 0 Å². The van der Waals surface area contributed by atoms with Crippen LogP contribution < -0.4 is 10.2 Å². The topological polar surface area (TPSA) is 46.7 Å². The van der Waals surface area contributed by atoms with Crippen LogP contribution in [0, 0.1) is 13.8 Å². The summed E-state index contributed by atoms with van der Waals surface area (Å²) in [4.78, 5) is 13.1. The lowest BCUT2D eigenvalue weighted by atomic mass is 10.2. The first-order valence-corrected chi connectivity index (χ1v) is 7.66. The number of nitrogens with one attached hydrogen (secondary N) is 2. The molecule has 0 aliphatic heterocycles. The summed E-state index contributed by atoms with van der Waals surface area (Å²) in [5.74, 6) is 1.79. The molecule has 0 spiro atoms. The van der Waals surface area contributed by atoms with Gasteiger partial charge in [0.2, 0.25) is 0 Å². The average Bonchev–Trinajstić information content (AvgIpc) is 2.79. The minimum atomic E-state index is -0.00231. The fourth-order valence-electron chi connectivity index (χ4n) is 2.14. The quantitative estimate of drug-likeness (QED) is 0.868. The van der Waals surface area contributed by atoms with Gasteiger partial charge in [0.1, 0.15) is 12.3 Å². The van der Waals surface area contributed by atoms with Crippen LogP contribution in [0.15, 0.2) is 39.2 Å². The van der Waals surface area contributed by atoms with Crippen LogP contribution >= 0.6 is 15.9 Å². The van der Waals surface area contributed by atoms with Crippen LogP contribution in [0.4, 0.5) is 5.69 Å². The zero-order chi connectivity index (χ0) is 15.4. The molecule has 0 saturated carbocycles. The molecule has 0 aliphatic rings. The smallest absolute Gasteiger partial charge is 0.279 e. The number of halogens is 1. The van der Waals surface area contributed by atoms with Crippen LogP contribution in [-0.2, 0) is 11.3 Å². The lowest BCUT2D eigenvalue weighted by Crippen LogP contribution is -3.08.